The Labute approximate surface area is 301 Å². The molecule has 1 aliphatic rings. The molecule has 1 nitrogen and oxygen atoms in total. The molecular weight excluding hydrogens is 750 g/mol. The monoisotopic (exact) mass is 782 g/mol. The molecule has 1 fully saturated rings. The minimum atomic E-state index is -6.20. The highest BCUT2D eigenvalue weighted by Crippen LogP contribution is 2.45. The van der Waals surface area contributed by atoms with E-state index >= 15 is 22.0 Å². The highest BCUT2D eigenvalue weighted by Gasteiger charge is 2.59. The molecule has 0 amide bonds. The van der Waals surface area contributed by atoms with Crippen LogP contribution >= 0.6 is 0 Å². The maximum absolute atomic E-state index is 15.3. The third-order valence-corrected chi connectivity index (χ3v) is 9.65. The molecule has 0 heterocycles. The van der Waals surface area contributed by atoms with Gasteiger partial charge in [0.2, 0.25) is 0 Å². The van der Waals surface area contributed by atoms with Gasteiger partial charge in [-0.1, -0.05) is 44.7 Å². The lowest BCUT2D eigenvalue weighted by molar-refractivity contribution is -0.249. The van der Waals surface area contributed by atoms with E-state index in [1.807, 2.05) is 0 Å². The van der Waals surface area contributed by atoms with Crippen LogP contribution in [0.5, 0.6) is 5.75 Å². The predicted octanol–water partition coefficient (Wildman–Crippen LogP) is 13.8. The van der Waals surface area contributed by atoms with Crippen molar-refractivity contribution in [3.63, 3.8) is 0 Å². The second kappa shape index (κ2) is 15.8. The van der Waals surface area contributed by atoms with E-state index in [1.165, 1.54) is 18.6 Å². The first-order valence-corrected chi connectivity index (χ1v) is 17.0. The van der Waals surface area contributed by atoms with E-state index in [4.69, 9.17) is 0 Å². The van der Waals surface area contributed by atoms with Gasteiger partial charge < -0.3 is 4.74 Å². The van der Waals surface area contributed by atoms with E-state index in [1.54, 1.807) is 6.07 Å². The van der Waals surface area contributed by atoms with Crippen molar-refractivity contribution in [2.75, 3.05) is 0 Å². The Balaban J connectivity index is 1.32. The van der Waals surface area contributed by atoms with Gasteiger partial charge >= 0.3 is 18.2 Å². The third-order valence-electron chi connectivity index (χ3n) is 9.65. The first kappa shape index (κ1) is 40.9. The van der Waals surface area contributed by atoms with Crippen LogP contribution in [0.25, 0.3) is 22.3 Å². The molecule has 54 heavy (non-hydrogen) atoms. The largest absolute Gasteiger partial charge is 0.432 e. The average molecular weight is 783 g/mol. The van der Waals surface area contributed by atoms with Gasteiger partial charge in [-0.05, 0) is 96.7 Å². The Morgan fingerprint density at radius 3 is 1.59 bits per heavy atom. The van der Waals surface area contributed by atoms with E-state index < -0.39 is 92.8 Å². The summed E-state index contributed by atoms with van der Waals surface area (Å²) < 4.78 is 203. The maximum Gasteiger partial charge on any atom is 0.432 e. The van der Waals surface area contributed by atoms with Crippen LogP contribution in [-0.2, 0) is 12.0 Å². The molecule has 0 saturated heterocycles. The zero-order valence-corrected chi connectivity index (χ0v) is 28.4. The zero-order chi connectivity index (χ0) is 39.7. The molecule has 0 aliphatic heterocycles. The minimum absolute atomic E-state index is 0.0356. The summed E-state index contributed by atoms with van der Waals surface area (Å²) in [6.45, 7) is 2.13. The third kappa shape index (κ3) is 8.64. The second-order valence-electron chi connectivity index (χ2n) is 13.4. The Bertz CT molecular complexity index is 1920. The zero-order valence-electron chi connectivity index (χ0n) is 28.4. The summed E-state index contributed by atoms with van der Waals surface area (Å²) in [6, 6.07) is 6.33. The molecular formula is C39H32F14O. The van der Waals surface area contributed by atoms with Crippen LogP contribution in [-0.4, -0.2) is 12.3 Å². The van der Waals surface area contributed by atoms with Crippen molar-refractivity contribution < 1.29 is 66.2 Å². The molecule has 292 valence electrons. The van der Waals surface area contributed by atoms with Crippen molar-refractivity contribution in [2.24, 2.45) is 5.92 Å². The SMILES string of the molecule is CCCCCC1CCC(c2ccc(-c3cc(F)c(C(F)(F)Oc4ccc(-c5cc(F)c(C(F)(F)C(F)C(F)(F)F)c(F)c5)c(F)c4)c(F)c3)c(F)c2)CC1. The van der Waals surface area contributed by atoms with Gasteiger partial charge in [-0.25, -0.2) is 30.7 Å². The molecule has 4 aromatic carbocycles. The summed E-state index contributed by atoms with van der Waals surface area (Å²) in [5, 5.41) is 0. The number of rotatable bonds is 12. The summed E-state index contributed by atoms with van der Waals surface area (Å²) in [4.78, 5) is 0. The summed E-state index contributed by atoms with van der Waals surface area (Å²) in [5.41, 5.74) is -6.23. The van der Waals surface area contributed by atoms with Crippen LogP contribution in [0.15, 0.2) is 60.7 Å². The normalized spacial score (nSPS) is 17.5. The lowest BCUT2D eigenvalue weighted by atomic mass is 9.77. The van der Waals surface area contributed by atoms with Crippen LogP contribution in [0.1, 0.15) is 80.9 Å². The average Bonchev–Trinajstić information content (AvgIpc) is 3.06. The highest BCUT2D eigenvalue weighted by atomic mass is 19.4. The molecule has 1 aliphatic carbocycles. The maximum atomic E-state index is 15.3. The number of benzene rings is 4. The van der Waals surface area contributed by atoms with E-state index in [-0.39, 0.29) is 29.7 Å². The number of hydrogen-bond donors (Lipinski definition) is 0. The predicted molar refractivity (Wildman–Crippen MR) is 172 cm³/mol. The van der Waals surface area contributed by atoms with Crippen molar-refractivity contribution in [3.8, 4) is 28.0 Å². The van der Waals surface area contributed by atoms with Gasteiger partial charge in [-0.2, -0.15) is 30.7 Å². The molecule has 0 radical (unpaired) electrons. The first-order valence-electron chi connectivity index (χ1n) is 17.0. The fourth-order valence-corrected chi connectivity index (χ4v) is 6.87. The van der Waals surface area contributed by atoms with Gasteiger partial charge in [-0.3, -0.25) is 0 Å². The lowest BCUT2D eigenvalue weighted by Crippen LogP contribution is -2.40. The summed E-state index contributed by atoms with van der Waals surface area (Å²) in [7, 11) is 0. The van der Waals surface area contributed by atoms with Crippen molar-refractivity contribution in [1.29, 1.82) is 0 Å². The summed E-state index contributed by atoms with van der Waals surface area (Å²) in [6.07, 6.45) is -7.69. The second-order valence-corrected chi connectivity index (χ2v) is 13.4. The van der Waals surface area contributed by atoms with Crippen LogP contribution in [0, 0.1) is 40.8 Å². The van der Waals surface area contributed by atoms with Gasteiger partial charge in [0, 0.05) is 17.2 Å². The van der Waals surface area contributed by atoms with Crippen LogP contribution in [0.3, 0.4) is 0 Å². The number of hydrogen-bond acceptors (Lipinski definition) is 1. The summed E-state index contributed by atoms with van der Waals surface area (Å²) >= 11 is 0. The number of ether oxygens (including phenoxy) is 1. The van der Waals surface area contributed by atoms with Crippen molar-refractivity contribution in [1.82, 2.24) is 0 Å². The van der Waals surface area contributed by atoms with Crippen molar-refractivity contribution in [2.45, 2.75) is 88.6 Å². The smallest absolute Gasteiger partial charge is 0.429 e. The number of unbranched alkanes of at least 4 members (excludes halogenated alkanes) is 2. The van der Waals surface area contributed by atoms with Gasteiger partial charge in [0.15, 0.2) is 0 Å². The molecule has 1 saturated carbocycles. The summed E-state index contributed by atoms with van der Waals surface area (Å²) in [5.74, 6) is -17.0. The van der Waals surface area contributed by atoms with E-state index in [9.17, 15) is 39.5 Å². The molecule has 4 aromatic rings. The molecule has 1 unspecified atom stereocenters. The first-order chi connectivity index (χ1) is 25.2. The molecule has 1 atom stereocenters. The number of alkyl halides is 8. The molecule has 0 spiro atoms. The topological polar surface area (TPSA) is 9.23 Å². The van der Waals surface area contributed by atoms with Gasteiger partial charge in [-0.15, -0.1) is 0 Å². The standard InChI is InChI=1S/C39H32F14O/c1-2-3-4-5-20-6-8-21(9-7-20)22-10-12-26(28(40)14-22)24-17-32(44)35(33(45)18-24)39(52,53)54-25-11-13-27(29(41)19-25)23-15-30(42)34(31(43)16-23)37(47,48)36(46)38(49,50)51/h10-21,36H,2-9H2,1H3. The van der Waals surface area contributed by atoms with Crippen LogP contribution in [0.4, 0.5) is 61.5 Å². The molecule has 0 aromatic heterocycles. The van der Waals surface area contributed by atoms with Gasteiger partial charge in [0.05, 0.1) is 5.56 Å². The van der Waals surface area contributed by atoms with E-state index in [0.29, 0.717) is 35.7 Å². The van der Waals surface area contributed by atoms with E-state index in [0.717, 1.165) is 44.9 Å². The Morgan fingerprint density at radius 2 is 1.11 bits per heavy atom. The van der Waals surface area contributed by atoms with Gasteiger partial charge in [0.25, 0.3) is 6.17 Å². The molecule has 5 rings (SSSR count). The minimum Gasteiger partial charge on any atom is -0.429 e. The molecule has 15 heteroatoms. The number of halogens is 14. The van der Waals surface area contributed by atoms with Crippen LogP contribution in [0.2, 0.25) is 0 Å². The van der Waals surface area contributed by atoms with Gasteiger partial charge in [0.1, 0.15) is 46.2 Å². The fraction of sp³-hybridized carbons (Fsp3) is 0.385. The van der Waals surface area contributed by atoms with E-state index in [2.05, 4.69) is 11.7 Å². The Morgan fingerprint density at radius 1 is 0.611 bits per heavy atom. The molecule has 0 bridgehead atoms. The Kier molecular flexibility index (Phi) is 12.0. The van der Waals surface area contributed by atoms with Crippen molar-refractivity contribution >= 4 is 0 Å². The van der Waals surface area contributed by atoms with Crippen molar-refractivity contribution in [3.05, 3.63) is 112 Å². The molecule has 0 N–H and O–H groups in total. The fourth-order valence-electron chi connectivity index (χ4n) is 6.87. The quantitative estimate of drug-likeness (QED) is 0.103. The highest BCUT2D eigenvalue weighted by molar-refractivity contribution is 5.67. The van der Waals surface area contributed by atoms with Crippen LogP contribution < -0.4 is 4.74 Å². The Hall–Kier alpha value is -4.30. The lowest BCUT2D eigenvalue weighted by Gasteiger charge is -2.29.